The van der Waals surface area contributed by atoms with Gasteiger partial charge in [-0.1, -0.05) is 12.1 Å². The molecule has 0 radical (unpaired) electrons. The van der Waals surface area contributed by atoms with Crippen molar-refractivity contribution in [2.75, 3.05) is 39.5 Å². The number of nitrogens with zero attached hydrogens (tertiary/aromatic N) is 2. The van der Waals surface area contributed by atoms with Gasteiger partial charge >= 0.3 is 0 Å². The highest BCUT2D eigenvalue weighted by Crippen LogP contribution is 2.22. The predicted octanol–water partition coefficient (Wildman–Crippen LogP) is 2.89. The molecule has 1 N–H and O–H groups in total. The Morgan fingerprint density at radius 3 is 2.35 bits per heavy atom. The molecule has 0 saturated carbocycles. The smallest absolute Gasteiger partial charge is 0.0342 e. The lowest BCUT2D eigenvalue weighted by molar-refractivity contribution is 0.208. The van der Waals surface area contributed by atoms with Crippen molar-refractivity contribution < 1.29 is 0 Å². The average molecular weight is 275 g/mol. The van der Waals surface area contributed by atoms with Crippen molar-refractivity contribution in [1.82, 2.24) is 9.80 Å². The molecule has 1 saturated heterocycles. The van der Waals surface area contributed by atoms with Gasteiger partial charge in [0.15, 0.2) is 0 Å². The first-order valence-electron chi connectivity index (χ1n) is 7.73. The Balaban J connectivity index is 1.86. The van der Waals surface area contributed by atoms with Crippen molar-refractivity contribution in [1.29, 1.82) is 0 Å². The number of piperidine rings is 1. The molecule has 1 unspecified atom stereocenters. The van der Waals surface area contributed by atoms with Gasteiger partial charge in [0.25, 0.3) is 0 Å². The van der Waals surface area contributed by atoms with Crippen LogP contribution in [0.4, 0.5) is 5.69 Å². The molecule has 2 rings (SSSR count). The van der Waals surface area contributed by atoms with E-state index in [-0.39, 0.29) is 0 Å². The van der Waals surface area contributed by atoms with E-state index in [1.165, 1.54) is 37.2 Å². The van der Waals surface area contributed by atoms with E-state index < -0.39 is 0 Å². The molecule has 0 aromatic heterocycles. The van der Waals surface area contributed by atoms with E-state index in [9.17, 15) is 0 Å². The molecule has 1 aliphatic rings. The summed E-state index contributed by atoms with van der Waals surface area (Å²) >= 11 is 0. The van der Waals surface area contributed by atoms with Gasteiger partial charge in [0.05, 0.1) is 0 Å². The van der Waals surface area contributed by atoms with Crippen molar-refractivity contribution >= 4 is 5.69 Å². The molecule has 0 aliphatic carbocycles. The fraction of sp³-hybridized carbons (Fsp3) is 0.647. The predicted molar refractivity (Wildman–Crippen MR) is 87.1 cm³/mol. The van der Waals surface area contributed by atoms with Crippen LogP contribution in [0.1, 0.15) is 25.3 Å². The van der Waals surface area contributed by atoms with Crippen molar-refractivity contribution in [2.45, 2.75) is 32.4 Å². The van der Waals surface area contributed by atoms with Crippen LogP contribution in [-0.2, 0) is 6.54 Å². The van der Waals surface area contributed by atoms with Gasteiger partial charge in [-0.05, 0) is 77.6 Å². The standard InChI is InChI=1S/C17H29N3/c1-14(16-9-11-20(4)12-10-16)18-17-7-5-15(6-8-17)13-19(2)3/h5-8,14,16,18H,9-13H2,1-4H3. The van der Waals surface area contributed by atoms with Crippen LogP contribution >= 0.6 is 0 Å². The quantitative estimate of drug-likeness (QED) is 0.891. The van der Waals surface area contributed by atoms with Crippen LogP contribution in [0.15, 0.2) is 24.3 Å². The van der Waals surface area contributed by atoms with E-state index in [0.29, 0.717) is 6.04 Å². The number of likely N-dealkylation sites (tertiary alicyclic amines) is 1. The second-order valence-corrected chi connectivity index (χ2v) is 6.51. The Hall–Kier alpha value is -1.06. The molecule has 3 nitrogen and oxygen atoms in total. The Kier molecular flexibility index (Phi) is 5.44. The number of benzene rings is 1. The summed E-state index contributed by atoms with van der Waals surface area (Å²) < 4.78 is 0. The minimum atomic E-state index is 0.559. The van der Waals surface area contributed by atoms with Gasteiger partial charge in [0, 0.05) is 18.3 Å². The summed E-state index contributed by atoms with van der Waals surface area (Å²) in [5.41, 5.74) is 2.62. The summed E-state index contributed by atoms with van der Waals surface area (Å²) in [6.45, 7) is 5.80. The van der Waals surface area contributed by atoms with Crippen molar-refractivity contribution in [3.8, 4) is 0 Å². The molecule has 1 heterocycles. The lowest BCUT2D eigenvalue weighted by Gasteiger charge is -2.33. The van der Waals surface area contributed by atoms with Gasteiger partial charge in [-0.3, -0.25) is 0 Å². The Morgan fingerprint density at radius 1 is 1.20 bits per heavy atom. The third-order valence-corrected chi connectivity index (χ3v) is 4.32. The van der Waals surface area contributed by atoms with Gasteiger partial charge in [0.2, 0.25) is 0 Å². The van der Waals surface area contributed by atoms with Crippen LogP contribution in [0.2, 0.25) is 0 Å². The van der Waals surface area contributed by atoms with Crippen LogP contribution in [0.25, 0.3) is 0 Å². The van der Waals surface area contributed by atoms with E-state index >= 15 is 0 Å². The molecule has 1 atom stereocenters. The monoisotopic (exact) mass is 275 g/mol. The molecule has 112 valence electrons. The average Bonchev–Trinajstić information content (AvgIpc) is 2.41. The largest absolute Gasteiger partial charge is 0.382 e. The van der Waals surface area contributed by atoms with E-state index in [1.807, 2.05) is 0 Å². The first-order chi connectivity index (χ1) is 9.54. The highest BCUT2D eigenvalue weighted by Gasteiger charge is 2.21. The van der Waals surface area contributed by atoms with E-state index in [2.05, 4.69) is 67.4 Å². The van der Waals surface area contributed by atoms with Crippen LogP contribution in [0.3, 0.4) is 0 Å². The molecular weight excluding hydrogens is 246 g/mol. The summed E-state index contributed by atoms with van der Waals surface area (Å²) in [6.07, 6.45) is 2.62. The van der Waals surface area contributed by atoms with Crippen LogP contribution in [0.5, 0.6) is 0 Å². The van der Waals surface area contributed by atoms with Crippen LogP contribution in [0, 0.1) is 5.92 Å². The van der Waals surface area contributed by atoms with Gasteiger partial charge in [0.1, 0.15) is 0 Å². The maximum absolute atomic E-state index is 3.67. The van der Waals surface area contributed by atoms with Gasteiger partial charge in [-0.15, -0.1) is 0 Å². The molecule has 1 aliphatic heterocycles. The molecule has 3 heteroatoms. The Morgan fingerprint density at radius 2 is 1.80 bits per heavy atom. The maximum atomic E-state index is 3.67. The molecule has 20 heavy (non-hydrogen) atoms. The van der Waals surface area contributed by atoms with Crippen molar-refractivity contribution in [3.05, 3.63) is 29.8 Å². The molecule has 0 amide bonds. The van der Waals surface area contributed by atoms with E-state index in [4.69, 9.17) is 0 Å². The summed E-state index contributed by atoms with van der Waals surface area (Å²) in [5, 5.41) is 3.67. The van der Waals surface area contributed by atoms with Crippen LogP contribution in [-0.4, -0.2) is 50.1 Å². The summed E-state index contributed by atoms with van der Waals surface area (Å²) in [6, 6.07) is 9.44. The van der Waals surface area contributed by atoms with Gasteiger partial charge in [-0.2, -0.15) is 0 Å². The molecular formula is C17H29N3. The zero-order valence-corrected chi connectivity index (χ0v) is 13.4. The van der Waals surface area contributed by atoms with E-state index in [0.717, 1.165) is 12.5 Å². The normalized spacial score (nSPS) is 19.2. The van der Waals surface area contributed by atoms with Gasteiger partial charge in [-0.25, -0.2) is 0 Å². The Labute approximate surface area is 124 Å². The zero-order valence-electron chi connectivity index (χ0n) is 13.4. The van der Waals surface area contributed by atoms with Crippen LogP contribution < -0.4 is 5.32 Å². The number of hydrogen-bond donors (Lipinski definition) is 1. The molecule has 1 aromatic carbocycles. The molecule has 1 fully saturated rings. The first kappa shape index (κ1) is 15.3. The SMILES string of the molecule is CC(Nc1ccc(CN(C)C)cc1)C1CCN(C)CC1. The molecule has 1 aromatic rings. The van der Waals surface area contributed by atoms with E-state index in [1.54, 1.807) is 0 Å². The van der Waals surface area contributed by atoms with Gasteiger partial charge < -0.3 is 15.1 Å². The van der Waals surface area contributed by atoms with Crippen molar-refractivity contribution in [2.24, 2.45) is 5.92 Å². The third-order valence-electron chi connectivity index (χ3n) is 4.32. The maximum Gasteiger partial charge on any atom is 0.0342 e. The number of nitrogens with one attached hydrogen (secondary N) is 1. The summed E-state index contributed by atoms with van der Waals surface area (Å²) in [5.74, 6) is 0.799. The summed E-state index contributed by atoms with van der Waals surface area (Å²) in [4.78, 5) is 4.63. The minimum absolute atomic E-state index is 0.559. The second kappa shape index (κ2) is 7.09. The topological polar surface area (TPSA) is 18.5 Å². The minimum Gasteiger partial charge on any atom is -0.382 e. The summed E-state index contributed by atoms with van der Waals surface area (Å²) in [7, 11) is 6.43. The lowest BCUT2D eigenvalue weighted by Crippen LogP contribution is -2.37. The number of hydrogen-bond acceptors (Lipinski definition) is 3. The molecule has 0 spiro atoms. The third kappa shape index (κ3) is 4.50. The fourth-order valence-electron chi connectivity index (χ4n) is 2.98. The second-order valence-electron chi connectivity index (χ2n) is 6.51. The highest BCUT2D eigenvalue weighted by molar-refractivity contribution is 5.45. The number of anilines is 1. The number of rotatable bonds is 5. The first-order valence-corrected chi connectivity index (χ1v) is 7.73. The zero-order chi connectivity index (χ0) is 14.5. The van der Waals surface area contributed by atoms with Crippen molar-refractivity contribution in [3.63, 3.8) is 0 Å². The lowest BCUT2D eigenvalue weighted by atomic mass is 9.90. The Bertz CT molecular complexity index is 391. The highest BCUT2D eigenvalue weighted by atomic mass is 15.1. The molecule has 0 bridgehead atoms. The fourth-order valence-corrected chi connectivity index (χ4v) is 2.98.